The Labute approximate surface area is 171 Å². The first-order chi connectivity index (χ1) is 13.8. The smallest absolute Gasteiger partial charge is 0.163 e. The van der Waals surface area contributed by atoms with Crippen LogP contribution in [0.15, 0.2) is 65.7 Å². The van der Waals surface area contributed by atoms with Crippen molar-refractivity contribution in [1.29, 1.82) is 0 Å². The lowest BCUT2D eigenvalue weighted by Crippen LogP contribution is -2.29. The van der Waals surface area contributed by atoms with Crippen molar-refractivity contribution in [2.75, 3.05) is 12.4 Å². The minimum atomic E-state index is -3.46. The molecule has 3 rings (SSSR count). The third-order valence-electron chi connectivity index (χ3n) is 5.31. The standard InChI is InChI=1S/C23H26O5S/c1-16-15-29(27,28)22(14-24)23(16)21(26)12-11-18(17-7-3-2-4-8-17)13-19-9-5-6-10-20(19)25/h2-10,13,21-22,24-26H,11-12,14-15H2,1H3/b18-13-/t21-,22+/m1/s1. The fraction of sp³-hybridized carbons (Fsp3) is 0.304. The van der Waals surface area contributed by atoms with Crippen LogP contribution in [-0.4, -0.2) is 47.5 Å². The van der Waals surface area contributed by atoms with Crippen LogP contribution < -0.4 is 0 Å². The molecule has 0 fully saturated rings. The molecule has 0 spiro atoms. The van der Waals surface area contributed by atoms with Gasteiger partial charge in [0.25, 0.3) is 0 Å². The molecule has 1 aliphatic heterocycles. The Bertz CT molecular complexity index is 1020. The SMILES string of the molecule is CC1=C([C@H](O)CC/C(=C/c2ccccc2O)c2ccccc2)[C@H](CO)S(=O)(=O)C1. The maximum Gasteiger partial charge on any atom is 0.163 e. The lowest BCUT2D eigenvalue weighted by molar-refractivity contribution is 0.190. The van der Waals surface area contributed by atoms with Crippen LogP contribution in [0.5, 0.6) is 5.75 Å². The Balaban J connectivity index is 1.86. The molecule has 1 aliphatic rings. The number of hydrogen-bond acceptors (Lipinski definition) is 5. The highest BCUT2D eigenvalue weighted by Crippen LogP contribution is 2.33. The first-order valence-electron chi connectivity index (χ1n) is 9.57. The molecule has 2 atom stereocenters. The molecule has 0 radical (unpaired) electrons. The van der Waals surface area contributed by atoms with E-state index in [1.165, 1.54) is 0 Å². The average molecular weight is 415 g/mol. The van der Waals surface area contributed by atoms with E-state index in [9.17, 15) is 23.7 Å². The average Bonchev–Trinajstić information content (AvgIpc) is 2.94. The van der Waals surface area contributed by atoms with Crippen molar-refractivity contribution in [3.8, 4) is 5.75 Å². The molecule has 1 heterocycles. The highest BCUT2D eigenvalue weighted by molar-refractivity contribution is 7.92. The van der Waals surface area contributed by atoms with E-state index in [0.29, 0.717) is 29.6 Å². The molecule has 2 aromatic rings. The van der Waals surface area contributed by atoms with Crippen LogP contribution in [0.3, 0.4) is 0 Å². The van der Waals surface area contributed by atoms with Gasteiger partial charge < -0.3 is 15.3 Å². The number of allylic oxidation sites excluding steroid dienone is 1. The van der Waals surface area contributed by atoms with Gasteiger partial charge in [-0.3, -0.25) is 0 Å². The number of aromatic hydroxyl groups is 1. The minimum absolute atomic E-state index is 0.121. The molecule has 0 bridgehead atoms. The van der Waals surface area contributed by atoms with Crippen molar-refractivity contribution < 1.29 is 23.7 Å². The summed E-state index contributed by atoms with van der Waals surface area (Å²) in [6.45, 7) is 1.17. The second-order valence-electron chi connectivity index (χ2n) is 7.36. The molecule has 0 aliphatic carbocycles. The number of aliphatic hydroxyl groups is 2. The first kappa shape index (κ1) is 21.3. The van der Waals surface area contributed by atoms with Gasteiger partial charge in [-0.2, -0.15) is 0 Å². The summed E-state index contributed by atoms with van der Waals surface area (Å²) in [6.07, 6.45) is 1.72. The van der Waals surface area contributed by atoms with Crippen molar-refractivity contribution in [3.63, 3.8) is 0 Å². The number of hydrogen-bond donors (Lipinski definition) is 3. The van der Waals surface area contributed by atoms with Crippen molar-refractivity contribution in [2.45, 2.75) is 31.1 Å². The predicted molar refractivity (Wildman–Crippen MR) is 115 cm³/mol. The Morgan fingerprint density at radius 1 is 1.14 bits per heavy atom. The van der Waals surface area contributed by atoms with Crippen LogP contribution in [0, 0.1) is 0 Å². The summed E-state index contributed by atoms with van der Waals surface area (Å²) in [5, 5.41) is 29.4. The zero-order chi connectivity index (χ0) is 21.0. The molecular formula is C23H26O5S. The third kappa shape index (κ3) is 4.78. The van der Waals surface area contributed by atoms with Crippen molar-refractivity contribution in [3.05, 3.63) is 76.9 Å². The van der Waals surface area contributed by atoms with Gasteiger partial charge in [0.2, 0.25) is 0 Å². The second-order valence-corrected chi connectivity index (χ2v) is 9.55. The van der Waals surface area contributed by atoms with Crippen LogP contribution in [-0.2, 0) is 9.84 Å². The van der Waals surface area contributed by atoms with E-state index in [0.717, 1.165) is 11.1 Å². The van der Waals surface area contributed by atoms with Gasteiger partial charge in [0.15, 0.2) is 9.84 Å². The molecule has 0 saturated carbocycles. The van der Waals surface area contributed by atoms with E-state index in [1.807, 2.05) is 48.5 Å². The number of phenolic OH excluding ortho intramolecular Hbond substituents is 1. The molecule has 3 N–H and O–H groups in total. The fourth-order valence-corrected chi connectivity index (χ4v) is 5.81. The summed E-state index contributed by atoms with van der Waals surface area (Å²) in [6, 6.07) is 16.7. The number of para-hydroxylation sites is 1. The summed E-state index contributed by atoms with van der Waals surface area (Å²) in [5.41, 5.74) is 3.59. The normalized spacial score (nSPS) is 20.1. The van der Waals surface area contributed by atoms with Gasteiger partial charge in [-0.05, 0) is 48.6 Å². The Morgan fingerprint density at radius 2 is 1.79 bits per heavy atom. The van der Waals surface area contributed by atoms with E-state index >= 15 is 0 Å². The topological polar surface area (TPSA) is 94.8 Å². The predicted octanol–water partition coefficient (Wildman–Crippen LogP) is 3.18. The highest BCUT2D eigenvalue weighted by Gasteiger charge is 2.39. The van der Waals surface area contributed by atoms with Crippen LogP contribution in [0.2, 0.25) is 0 Å². The van der Waals surface area contributed by atoms with Crippen LogP contribution in [0.25, 0.3) is 11.6 Å². The fourth-order valence-electron chi connectivity index (χ4n) is 3.86. The third-order valence-corrected chi connectivity index (χ3v) is 7.42. The molecule has 0 saturated heterocycles. The summed E-state index contributed by atoms with van der Waals surface area (Å²) in [4.78, 5) is 0. The Morgan fingerprint density at radius 3 is 2.45 bits per heavy atom. The summed E-state index contributed by atoms with van der Waals surface area (Å²) in [7, 11) is -3.46. The Hall–Kier alpha value is -2.41. The number of benzene rings is 2. The maximum atomic E-state index is 12.2. The summed E-state index contributed by atoms with van der Waals surface area (Å²) >= 11 is 0. The molecule has 0 unspecified atom stereocenters. The minimum Gasteiger partial charge on any atom is -0.507 e. The monoisotopic (exact) mass is 414 g/mol. The van der Waals surface area contributed by atoms with E-state index < -0.39 is 27.8 Å². The summed E-state index contributed by atoms with van der Waals surface area (Å²) < 4.78 is 24.4. The zero-order valence-electron chi connectivity index (χ0n) is 16.3. The highest BCUT2D eigenvalue weighted by atomic mass is 32.2. The van der Waals surface area contributed by atoms with Gasteiger partial charge in [0.1, 0.15) is 11.0 Å². The van der Waals surface area contributed by atoms with E-state index in [2.05, 4.69) is 0 Å². The van der Waals surface area contributed by atoms with Crippen LogP contribution >= 0.6 is 0 Å². The van der Waals surface area contributed by atoms with Gasteiger partial charge in [-0.1, -0.05) is 54.1 Å². The molecule has 29 heavy (non-hydrogen) atoms. The lowest BCUT2D eigenvalue weighted by Gasteiger charge is -2.19. The number of rotatable bonds is 7. The number of phenols is 1. The van der Waals surface area contributed by atoms with Crippen molar-refractivity contribution in [2.24, 2.45) is 0 Å². The number of aliphatic hydroxyl groups excluding tert-OH is 2. The largest absolute Gasteiger partial charge is 0.507 e. The lowest BCUT2D eigenvalue weighted by atomic mass is 9.92. The van der Waals surface area contributed by atoms with Crippen molar-refractivity contribution >= 4 is 21.5 Å². The van der Waals surface area contributed by atoms with E-state index in [4.69, 9.17) is 0 Å². The molecule has 2 aromatic carbocycles. The van der Waals surface area contributed by atoms with Crippen molar-refractivity contribution in [1.82, 2.24) is 0 Å². The van der Waals surface area contributed by atoms with E-state index in [1.54, 1.807) is 19.1 Å². The maximum absolute atomic E-state index is 12.2. The van der Waals surface area contributed by atoms with Gasteiger partial charge >= 0.3 is 0 Å². The molecule has 154 valence electrons. The summed E-state index contributed by atoms with van der Waals surface area (Å²) in [5.74, 6) is 0.0476. The zero-order valence-corrected chi connectivity index (χ0v) is 17.1. The Kier molecular flexibility index (Phi) is 6.57. The molecule has 0 amide bonds. The molecule has 0 aromatic heterocycles. The first-order valence-corrected chi connectivity index (χ1v) is 11.3. The van der Waals surface area contributed by atoms with Crippen LogP contribution in [0.1, 0.15) is 30.9 Å². The van der Waals surface area contributed by atoms with Gasteiger partial charge in [-0.25, -0.2) is 8.42 Å². The van der Waals surface area contributed by atoms with Gasteiger partial charge in [-0.15, -0.1) is 0 Å². The molecule has 6 heteroatoms. The molecular weight excluding hydrogens is 388 g/mol. The van der Waals surface area contributed by atoms with Gasteiger partial charge in [0, 0.05) is 5.56 Å². The quantitative estimate of drug-likeness (QED) is 0.478. The van der Waals surface area contributed by atoms with E-state index in [-0.39, 0.29) is 11.5 Å². The van der Waals surface area contributed by atoms with Crippen LogP contribution in [0.4, 0.5) is 0 Å². The van der Waals surface area contributed by atoms with Gasteiger partial charge in [0.05, 0.1) is 18.5 Å². The number of sulfone groups is 1. The second kappa shape index (κ2) is 8.95. The molecule has 5 nitrogen and oxygen atoms in total.